The minimum atomic E-state index is -1.29. The van der Waals surface area contributed by atoms with E-state index < -0.39 is 11.9 Å². The molecular formula is C25H24N2O7S2. The SMILES string of the molecule is COC(=O)c1ccc(/C=C2\SC(=S)N(CCCCCC(=O)Nc3ccc(O)c(C(=O)O)c3)C2=O)cc1. The molecule has 3 rings (SSSR count). The zero-order valence-electron chi connectivity index (χ0n) is 19.4. The quantitative estimate of drug-likeness (QED) is 0.136. The number of aromatic carboxylic acids is 1. The summed E-state index contributed by atoms with van der Waals surface area (Å²) in [5.41, 5.74) is 1.19. The average molecular weight is 529 g/mol. The molecular weight excluding hydrogens is 504 g/mol. The number of aromatic hydroxyl groups is 1. The monoisotopic (exact) mass is 528 g/mol. The molecule has 36 heavy (non-hydrogen) atoms. The van der Waals surface area contributed by atoms with Crippen LogP contribution in [0.2, 0.25) is 0 Å². The number of amides is 2. The lowest BCUT2D eigenvalue weighted by molar-refractivity contribution is -0.122. The maximum Gasteiger partial charge on any atom is 0.339 e. The van der Waals surface area contributed by atoms with E-state index in [9.17, 15) is 24.3 Å². The molecule has 2 aromatic carbocycles. The number of hydrogen-bond acceptors (Lipinski definition) is 8. The van der Waals surface area contributed by atoms with Crippen molar-refractivity contribution in [3.05, 3.63) is 64.1 Å². The summed E-state index contributed by atoms with van der Waals surface area (Å²) in [4.78, 5) is 49.6. The first-order chi connectivity index (χ1) is 17.2. The van der Waals surface area contributed by atoms with Gasteiger partial charge in [-0.1, -0.05) is 42.5 Å². The van der Waals surface area contributed by atoms with E-state index in [4.69, 9.17) is 17.3 Å². The summed E-state index contributed by atoms with van der Waals surface area (Å²) in [6.45, 7) is 0.435. The topological polar surface area (TPSA) is 133 Å². The van der Waals surface area contributed by atoms with Gasteiger partial charge >= 0.3 is 11.9 Å². The highest BCUT2D eigenvalue weighted by atomic mass is 32.2. The highest BCUT2D eigenvalue weighted by molar-refractivity contribution is 8.26. The summed E-state index contributed by atoms with van der Waals surface area (Å²) in [6, 6.07) is 10.5. The number of anilines is 1. The number of methoxy groups -OCH3 is 1. The van der Waals surface area contributed by atoms with Crippen molar-refractivity contribution in [1.82, 2.24) is 4.90 Å². The Morgan fingerprint density at radius 3 is 2.50 bits per heavy atom. The molecule has 0 spiro atoms. The van der Waals surface area contributed by atoms with Gasteiger partial charge in [-0.05, 0) is 54.8 Å². The Morgan fingerprint density at radius 1 is 1.11 bits per heavy atom. The standard InChI is InChI=1S/C25H24N2O7S2/c1-34-24(33)16-8-6-15(7-9-16)13-20-22(30)27(25(35)36-20)12-4-2-3-5-21(29)26-17-10-11-19(28)18(14-17)23(31)32/h6-11,13-14,28H,2-5,12H2,1H3,(H,26,29)(H,31,32)/b20-13-. The molecule has 0 aliphatic carbocycles. The van der Waals surface area contributed by atoms with E-state index in [0.717, 1.165) is 5.56 Å². The fourth-order valence-corrected chi connectivity index (χ4v) is 4.73. The van der Waals surface area contributed by atoms with E-state index in [0.29, 0.717) is 46.3 Å². The van der Waals surface area contributed by atoms with E-state index in [-0.39, 0.29) is 29.5 Å². The van der Waals surface area contributed by atoms with Crippen molar-refractivity contribution < 1.29 is 34.1 Å². The average Bonchev–Trinajstić information content (AvgIpc) is 3.12. The largest absolute Gasteiger partial charge is 0.507 e. The van der Waals surface area contributed by atoms with Gasteiger partial charge in [-0.2, -0.15) is 0 Å². The number of nitrogens with one attached hydrogen (secondary N) is 1. The summed E-state index contributed by atoms with van der Waals surface area (Å²) in [6.07, 6.45) is 3.87. The summed E-state index contributed by atoms with van der Waals surface area (Å²) in [7, 11) is 1.31. The van der Waals surface area contributed by atoms with Gasteiger partial charge in [0.1, 0.15) is 15.6 Å². The van der Waals surface area contributed by atoms with Gasteiger partial charge in [-0.25, -0.2) is 9.59 Å². The number of nitrogens with zero attached hydrogens (tertiary/aromatic N) is 1. The first-order valence-corrected chi connectivity index (χ1v) is 12.2. The third-order valence-electron chi connectivity index (χ3n) is 5.30. The van der Waals surface area contributed by atoms with Gasteiger partial charge < -0.3 is 20.3 Å². The third kappa shape index (κ3) is 6.92. The second-order valence-electron chi connectivity index (χ2n) is 7.84. The number of esters is 1. The van der Waals surface area contributed by atoms with Gasteiger partial charge in [0.25, 0.3) is 5.91 Å². The summed E-state index contributed by atoms with van der Waals surface area (Å²) in [5, 5.41) is 21.2. The van der Waals surface area contributed by atoms with Crippen LogP contribution in [0.5, 0.6) is 5.75 Å². The number of unbranched alkanes of at least 4 members (excludes halogenated alkanes) is 2. The predicted octanol–water partition coefficient (Wildman–Crippen LogP) is 4.28. The van der Waals surface area contributed by atoms with Crippen LogP contribution in [0.4, 0.5) is 5.69 Å². The van der Waals surface area contributed by atoms with Gasteiger partial charge in [0.05, 0.1) is 17.6 Å². The smallest absolute Gasteiger partial charge is 0.339 e. The summed E-state index contributed by atoms with van der Waals surface area (Å²) in [5.74, 6) is -2.55. The number of hydrogen-bond donors (Lipinski definition) is 3. The second-order valence-corrected chi connectivity index (χ2v) is 9.52. The highest BCUT2D eigenvalue weighted by Crippen LogP contribution is 2.33. The van der Waals surface area contributed by atoms with Gasteiger partial charge in [0, 0.05) is 18.7 Å². The lowest BCUT2D eigenvalue weighted by atomic mass is 10.1. The minimum Gasteiger partial charge on any atom is -0.507 e. The molecule has 3 N–H and O–H groups in total. The van der Waals surface area contributed by atoms with Gasteiger partial charge in [-0.15, -0.1) is 0 Å². The number of carbonyl (C=O) groups excluding carboxylic acids is 3. The molecule has 1 aliphatic rings. The van der Waals surface area contributed by atoms with E-state index >= 15 is 0 Å². The first kappa shape index (κ1) is 26.9. The van der Waals surface area contributed by atoms with Crippen molar-refractivity contribution >= 4 is 63.8 Å². The molecule has 0 atom stereocenters. The van der Waals surface area contributed by atoms with Gasteiger partial charge in [0.15, 0.2) is 0 Å². The summed E-state index contributed by atoms with van der Waals surface area (Å²) < 4.78 is 5.15. The van der Waals surface area contributed by atoms with Crippen molar-refractivity contribution in [1.29, 1.82) is 0 Å². The number of rotatable bonds is 10. The Kier molecular flexibility index (Phi) is 9.20. The van der Waals surface area contributed by atoms with Crippen LogP contribution in [0.25, 0.3) is 6.08 Å². The molecule has 2 aromatic rings. The van der Waals surface area contributed by atoms with Crippen LogP contribution in [-0.2, 0) is 14.3 Å². The molecule has 1 saturated heterocycles. The van der Waals surface area contributed by atoms with E-state index in [1.807, 2.05) is 0 Å². The Hall–Kier alpha value is -3.70. The molecule has 0 aromatic heterocycles. The van der Waals surface area contributed by atoms with Crippen LogP contribution in [0.1, 0.15) is 52.0 Å². The van der Waals surface area contributed by atoms with Crippen molar-refractivity contribution in [2.45, 2.75) is 25.7 Å². The number of benzene rings is 2. The Bertz CT molecular complexity index is 1230. The lowest BCUT2D eigenvalue weighted by Crippen LogP contribution is -2.29. The predicted molar refractivity (Wildman–Crippen MR) is 140 cm³/mol. The molecule has 0 unspecified atom stereocenters. The molecule has 1 aliphatic heterocycles. The van der Waals surface area contributed by atoms with E-state index in [2.05, 4.69) is 10.1 Å². The summed E-state index contributed by atoms with van der Waals surface area (Å²) >= 11 is 6.57. The Labute approximate surface area is 217 Å². The number of thioether (sulfide) groups is 1. The van der Waals surface area contributed by atoms with Crippen LogP contribution in [0.15, 0.2) is 47.4 Å². The zero-order chi connectivity index (χ0) is 26.2. The van der Waals surface area contributed by atoms with Crippen LogP contribution in [0.3, 0.4) is 0 Å². The molecule has 1 heterocycles. The molecule has 0 bridgehead atoms. The molecule has 0 saturated carbocycles. The molecule has 0 radical (unpaired) electrons. The van der Waals surface area contributed by atoms with Crippen LogP contribution < -0.4 is 5.32 Å². The molecule has 188 valence electrons. The normalized spacial score (nSPS) is 14.2. The highest BCUT2D eigenvalue weighted by Gasteiger charge is 2.31. The zero-order valence-corrected chi connectivity index (χ0v) is 21.0. The number of carbonyl (C=O) groups is 4. The number of carboxylic acids is 1. The second kappa shape index (κ2) is 12.3. The minimum absolute atomic E-state index is 0.179. The fraction of sp³-hybridized carbons (Fsp3) is 0.240. The van der Waals surface area contributed by atoms with Crippen molar-refractivity contribution in [3.8, 4) is 5.75 Å². The van der Waals surface area contributed by atoms with Crippen LogP contribution >= 0.6 is 24.0 Å². The third-order valence-corrected chi connectivity index (χ3v) is 6.68. The maximum atomic E-state index is 12.8. The van der Waals surface area contributed by atoms with Crippen LogP contribution in [0, 0.1) is 0 Å². The number of thiocarbonyl (C=S) groups is 1. The van der Waals surface area contributed by atoms with Crippen molar-refractivity contribution in [2.24, 2.45) is 0 Å². The molecule has 9 nitrogen and oxygen atoms in total. The Balaban J connectivity index is 1.44. The van der Waals surface area contributed by atoms with Gasteiger partial charge in [-0.3, -0.25) is 14.5 Å². The van der Waals surface area contributed by atoms with Crippen LogP contribution in [-0.4, -0.2) is 56.8 Å². The van der Waals surface area contributed by atoms with Gasteiger partial charge in [0.2, 0.25) is 5.91 Å². The number of carboxylic acid groups (broad SMARTS) is 1. The first-order valence-electron chi connectivity index (χ1n) is 11.0. The lowest BCUT2D eigenvalue weighted by Gasteiger charge is -2.14. The molecule has 11 heteroatoms. The number of ether oxygens (including phenoxy) is 1. The van der Waals surface area contributed by atoms with Crippen molar-refractivity contribution in [2.75, 3.05) is 19.0 Å². The molecule has 2 amide bonds. The molecule has 1 fully saturated rings. The fourth-order valence-electron chi connectivity index (χ4n) is 3.42. The Morgan fingerprint density at radius 2 is 1.83 bits per heavy atom. The number of phenols is 1. The van der Waals surface area contributed by atoms with E-state index in [1.165, 1.54) is 37.1 Å². The van der Waals surface area contributed by atoms with Crippen molar-refractivity contribution in [3.63, 3.8) is 0 Å². The van der Waals surface area contributed by atoms with E-state index in [1.54, 1.807) is 35.2 Å². The maximum absolute atomic E-state index is 12.8.